The average Bonchev–Trinajstić information content (AvgIpc) is 2.93. The van der Waals surface area contributed by atoms with E-state index in [9.17, 15) is 14.9 Å². The molecule has 0 aromatic heterocycles. The number of nitrogens with one attached hydrogen (secondary N) is 1. The molecule has 1 aromatic rings. The van der Waals surface area contributed by atoms with Gasteiger partial charge in [0.1, 0.15) is 0 Å². The second kappa shape index (κ2) is 2.36. The summed E-state index contributed by atoms with van der Waals surface area (Å²) in [6, 6.07) is 4.54. The molecule has 1 aliphatic carbocycles. The Morgan fingerprint density at radius 1 is 1.40 bits per heavy atom. The molecule has 1 aliphatic heterocycles. The van der Waals surface area contributed by atoms with Gasteiger partial charge in [0.15, 0.2) is 0 Å². The van der Waals surface area contributed by atoms with E-state index in [-0.39, 0.29) is 11.6 Å². The first-order valence-electron chi connectivity index (χ1n) is 4.74. The maximum Gasteiger partial charge on any atom is 0.269 e. The zero-order chi connectivity index (χ0) is 10.6. The number of hydrogen-bond donors (Lipinski definition) is 1. The number of amides is 1. The molecule has 5 nitrogen and oxygen atoms in total. The van der Waals surface area contributed by atoms with Gasteiger partial charge in [-0.1, -0.05) is 0 Å². The molecule has 1 heterocycles. The molecule has 0 radical (unpaired) electrons. The Kier molecular flexibility index (Phi) is 1.32. The lowest BCUT2D eigenvalue weighted by Gasteiger charge is -2.02. The number of anilines is 1. The number of carbonyl (C=O) groups is 1. The van der Waals surface area contributed by atoms with Crippen LogP contribution in [0.5, 0.6) is 0 Å². The largest absolute Gasteiger partial charge is 0.325 e. The van der Waals surface area contributed by atoms with Gasteiger partial charge in [0.25, 0.3) is 5.69 Å². The van der Waals surface area contributed by atoms with Crippen LogP contribution in [0.3, 0.4) is 0 Å². The molecule has 0 bridgehead atoms. The van der Waals surface area contributed by atoms with E-state index in [1.807, 2.05) is 0 Å². The van der Waals surface area contributed by atoms with Crippen molar-refractivity contribution >= 4 is 17.3 Å². The number of non-ortho nitro benzene ring substituents is 1. The number of benzene rings is 1. The number of nitro groups is 1. The number of nitro benzene ring substituents is 1. The van der Waals surface area contributed by atoms with Gasteiger partial charge in [0.05, 0.1) is 10.3 Å². The molecule has 1 N–H and O–H groups in total. The fourth-order valence-corrected chi connectivity index (χ4v) is 2.14. The van der Waals surface area contributed by atoms with E-state index in [1.54, 1.807) is 6.07 Å². The second-order valence-corrected chi connectivity index (χ2v) is 4.02. The van der Waals surface area contributed by atoms with Gasteiger partial charge < -0.3 is 5.32 Å². The van der Waals surface area contributed by atoms with Crippen LogP contribution in [0.4, 0.5) is 11.4 Å². The van der Waals surface area contributed by atoms with E-state index in [2.05, 4.69) is 5.32 Å². The van der Waals surface area contributed by atoms with Crippen LogP contribution in [0, 0.1) is 10.1 Å². The first kappa shape index (κ1) is 8.40. The first-order valence-corrected chi connectivity index (χ1v) is 4.74. The Bertz CT molecular complexity index is 491. The zero-order valence-corrected chi connectivity index (χ0v) is 7.82. The fraction of sp³-hybridized carbons (Fsp3) is 0.300. The van der Waals surface area contributed by atoms with E-state index >= 15 is 0 Å². The van der Waals surface area contributed by atoms with Gasteiger partial charge in [-0.2, -0.15) is 0 Å². The Morgan fingerprint density at radius 2 is 2.13 bits per heavy atom. The third kappa shape index (κ3) is 0.945. The van der Waals surface area contributed by atoms with Crippen LogP contribution in [0.15, 0.2) is 18.2 Å². The number of rotatable bonds is 1. The van der Waals surface area contributed by atoms with Crippen LogP contribution in [-0.4, -0.2) is 10.8 Å². The molecule has 1 spiro atoms. The number of fused-ring (bicyclic) bond motifs is 2. The van der Waals surface area contributed by atoms with Crippen molar-refractivity contribution in [2.45, 2.75) is 18.3 Å². The Hall–Kier alpha value is -1.91. The van der Waals surface area contributed by atoms with Crippen LogP contribution in [0.25, 0.3) is 0 Å². The second-order valence-electron chi connectivity index (χ2n) is 4.02. The summed E-state index contributed by atoms with van der Waals surface area (Å²) in [4.78, 5) is 21.8. The lowest BCUT2D eigenvalue weighted by atomic mass is 9.97. The summed E-state index contributed by atoms with van der Waals surface area (Å²) >= 11 is 0. The van der Waals surface area contributed by atoms with Crippen LogP contribution >= 0.6 is 0 Å². The minimum absolute atomic E-state index is 0.0157. The lowest BCUT2D eigenvalue weighted by Crippen LogP contribution is -2.18. The van der Waals surface area contributed by atoms with E-state index in [1.165, 1.54) is 12.1 Å². The molecule has 2 aliphatic rings. The normalized spacial score (nSPS) is 19.9. The van der Waals surface area contributed by atoms with Crippen molar-refractivity contribution in [2.24, 2.45) is 0 Å². The van der Waals surface area contributed by atoms with Crippen LogP contribution in [-0.2, 0) is 10.2 Å². The predicted octanol–water partition coefficient (Wildman–Crippen LogP) is 1.58. The van der Waals surface area contributed by atoms with Gasteiger partial charge in [0.2, 0.25) is 5.91 Å². The van der Waals surface area contributed by atoms with Gasteiger partial charge in [0, 0.05) is 17.8 Å². The molecule has 0 atom stereocenters. The van der Waals surface area contributed by atoms with Gasteiger partial charge in [-0.05, 0) is 24.5 Å². The predicted molar refractivity (Wildman–Crippen MR) is 52.6 cm³/mol. The molecular formula is C10H8N2O3. The third-order valence-corrected chi connectivity index (χ3v) is 3.16. The Labute approximate surface area is 85.2 Å². The number of nitrogens with zero attached hydrogens (tertiary/aromatic N) is 1. The molecule has 76 valence electrons. The van der Waals surface area contributed by atoms with Crippen molar-refractivity contribution in [3.05, 3.63) is 33.9 Å². The van der Waals surface area contributed by atoms with Crippen molar-refractivity contribution < 1.29 is 9.72 Å². The van der Waals surface area contributed by atoms with Crippen LogP contribution in [0.1, 0.15) is 18.4 Å². The van der Waals surface area contributed by atoms with E-state index in [4.69, 9.17) is 0 Å². The minimum Gasteiger partial charge on any atom is -0.325 e. The Balaban J connectivity index is 2.17. The first-order chi connectivity index (χ1) is 7.13. The molecule has 15 heavy (non-hydrogen) atoms. The van der Waals surface area contributed by atoms with E-state index < -0.39 is 10.3 Å². The highest BCUT2D eigenvalue weighted by Crippen LogP contribution is 2.55. The van der Waals surface area contributed by atoms with Crippen molar-refractivity contribution in [1.29, 1.82) is 0 Å². The highest BCUT2D eigenvalue weighted by molar-refractivity contribution is 6.08. The molecule has 0 saturated heterocycles. The highest BCUT2D eigenvalue weighted by Gasteiger charge is 2.56. The van der Waals surface area contributed by atoms with Crippen molar-refractivity contribution in [3.8, 4) is 0 Å². The van der Waals surface area contributed by atoms with E-state index in [0.29, 0.717) is 0 Å². The maximum absolute atomic E-state index is 11.6. The molecule has 5 heteroatoms. The third-order valence-electron chi connectivity index (χ3n) is 3.16. The van der Waals surface area contributed by atoms with Gasteiger partial charge in [-0.25, -0.2) is 0 Å². The summed E-state index contributed by atoms with van der Waals surface area (Å²) in [6.45, 7) is 0. The number of hydrogen-bond acceptors (Lipinski definition) is 3. The van der Waals surface area contributed by atoms with Crippen molar-refractivity contribution in [3.63, 3.8) is 0 Å². The maximum atomic E-state index is 11.6. The van der Waals surface area contributed by atoms with Crippen molar-refractivity contribution in [1.82, 2.24) is 0 Å². The molecule has 3 rings (SSSR count). The summed E-state index contributed by atoms with van der Waals surface area (Å²) in [6.07, 6.45) is 1.60. The Morgan fingerprint density at radius 3 is 2.73 bits per heavy atom. The topological polar surface area (TPSA) is 72.2 Å². The van der Waals surface area contributed by atoms with Gasteiger partial charge in [-0.3, -0.25) is 14.9 Å². The highest BCUT2D eigenvalue weighted by atomic mass is 16.6. The molecule has 1 amide bonds. The molecule has 1 saturated carbocycles. The van der Waals surface area contributed by atoms with Gasteiger partial charge in [-0.15, -0.1) is 0 Å². The average molecular weight is 204 g/mol. The summed E-state index contributed by atoms with van der Waals surface area (Å²) in [5.74, 6) is -0.0157. The molecular weight excluding hydrogens is 196 g/mol. The number of carbonyl (C=O) groups excluding carboxylic acids is 1. The minimum atomic E-state index is -0.443. The summed E-state index contributed by atoms with van der Waals surface area (Å²) in [7, 11) is 0. The molecule has 1 aromatic carbocycles. The van der Waals surface area contributed by atoms with Gasteiger partial charge >= 0.3 is 0 Å². The monoisotopic (exact) mass is 204 g/mol. The van der Waals surface area contributed by atoms with Crippen LogP contribution < -0.4 is 5.32 Å². The standard InChI is InChI=1S/C10H8N2O3/c13-9-10(3-4-10)7-5-6(12(14)15)1-2-8(7)11-9/h1-2,5H,3-4H2,(H,11,13). The lowest BCUT2D eigenvalue weighted by molar-refractivity contribution is -0.384. The fourth-order valence-electron chi connectivity index (χ4n) is 2.14. The summed E-state index contributed by atoms with van der Waals surface area (Å²) < 4.78 is 0. The smallest absolute Gasteiger partial charge is 0.269 e. The van der Waals surface area contributed by atoms with E-state index in [0.717, 1.165) is 24.1 Å². The van der Waals surface area contributed by atoms with Crippen LogP contribution in [0.2, 0.25) is 0 Å². The SMILES string of the molecule is O=C1Nc2ccc([N+](=O)[O-])cc2C12CC2. The molecule has 0 unspecified atom stereocenters. The zero-order valence-electron chi connectivity index (χ0n) is 7.82. The molecule has 1 fully saturated rings. The quantitative estimate of drug-likeness (QED) is 0.557. The van der Waals surface area contributed by atoms with Crippen molar-refractivity contribution in [2.75, 3.05) is 5.32 Å². The summed E-state index contributed by atoms with van der Waals surface area (Å²) in [5, 5.41) is 13.4. The summed E-state index contributed by atoms with van der Waals surface area (Å²) in [5.41, 5.74) is 1.13.